The minimum Gasteiger partial charge on any atom is -0.462 e. The maximum atomic E-state index is 13.4. The SMILES string of the molecule is CCOC(=O)c1cnn(-c2ccccc2)c1NC(=O)c1ccc(F)c(F)c1. The van der Waals surface area contributed by atoms with Gasteiger partial charge >= 0.3 is 5.97 Å². The Bertz CT molecular complexity index is 987. The van der Waals surface area contributed by atoms with Gasteiger partial charge in [-0.2, -0.15) is 5.10 Å². The molecule has 0 saturated carbocycles. The van der Waals surface area contributed by atoms with Gasteiger partial charge in [0.1, 0.15) is 5.56 Å². The number of ether oxygens (including phenoxy) is 1. The number of carbonyl (C=O) groups excluding carboxylic acids is 2. The average Bonchev–Trinajstić information content (AvgIpc) is 3.08. The number of hydrogen-bond donors (Lipinski definition) is 1. The summed E-state index contributed by atoms with van der Waals surface area (Å²) in [4.78, 5) is 24.7. The van der Waals surface area contributed by atoms with E-state index in [1.54, 1.807) is 37.3 Å². The Balaban J connectivity index is 2.01. The molecule has 0 aliphatic carbocycles. The highest BCUT2D eigenvalue weighted by Gasteiger charge is 2.22. The molecule has 6 nitrogen and oxygen atoms in total. The Hall–Kier alpha value is -3.55. The molecule has 0 bridgehead atoms. The molecule has 0 radical (unpaired) electrons. The van der Waals surface area contributed by atoms with Gasteiger partial charge in [-0.15, -0.1) is 0 Å². The average molecular weight is 371 g/mol. The molecule has 8 heteroatoms. The number of hydrogen-bond acceptors (Lipinski definition) is 4. The fraction of sp³-hybridized carbons (Fsp3) is 0.105. The third kappa shape index (κ3) is 3.84. The lowest BCUT2D eigenvalue weighted by atomic mass is 10.2. The van der Waals surface area contributed by atoms with Gasteiger partial charge in [0, 0.05) is 5.56 Å². The molecular formula is C19H15F2N3O3. The number of halogens is 2. The normalized spacial score (nSPS) is 10.5. The van der Waals surface area contributed by atoms with Crippen LogP contribution in [-0.2, 0) is 4.74 Å². The smallest absolute Gasteiger partial charge is 0.343 e. The quantitative estimate of drug-likeness (QED) is 0.696. The van der Waals surface area contributed by atoms with Gasteiger partial charge in [0.05, 0.1) is 18.5 Å². The molecule has 0 aliphatic heterocycles. The van der Waals surface area contributed by atoms with E-state index in [1.807, 2.05) is 0 Å². The highest BCUT2D eigenvalue weighted by Crippen LogP contribution is 2.22. The Morgan fingerprint density at radius 1 is 1.11 bits per heavy atom. The Kier molecular flexibility index (Phi) is 5.25. The van der Waals surface area contributed by atoms with E-state index >= 15 is 0 Å². The number of esters is 1. The highest BCUT2D eigenvalue weighted by atomic mass is 19.2. The van der Waals surface area contributed by atoms with E-state index < -0.39 is 23.5 Å². The lowest BCUT2D eigenvalue weighted by Gasteiger charge is -2.11. The van der Waals surface area contributed by atoms with E-state index in [4.69, 9.17) is 4.74 Å². The van der Waals surface area contributed by atoms with Crippen LogP contribution in [-0.4, -0.2) is 28.3 Å². The molecule has 1 N–H and O–H groups in total. The van der Waals surface area contributed by atoms with E-state index in [0.29, 0.717) is 5.69 Å². The van der Waals surface area contributed by atoms with Gasteiger partial charge in [-0.1, -0.05) is 18.2 Å². The number of anilines is 1. The van der Waals surface area contributed by atoms with Gasteiger partial charge in [0.15, 0.2) is 17.5 Å². The fourth-order valence-corrected chi connectivity index (χ4v) is 2.41. The first-order valence-corrected chi connectivity index (χ1v) is 8.08. The summed E-state index contributed by atoms with van der Waals surface area (Å²) in [7, 11) is 0. The first-order chi connectivity index (χ1) is 13.0. The summed E-state index contributed by atoms with van der Waals surface area (Å²) in [6.07, 6.45) is 1.27. The molecule has 0 fully saturated rings. The van der Waals surface area contributed by atoms with Crippen LogP contribution in [0.2, 0.25) is 0 Å². The van der Waals surface area contributed by atoms with Crippen LogP contribution in [0.15, 0.2) is 54.7 Å². The van der Waals surface area contributed by atoms with Crippen LogP contribution in [0, 0.1) is 11.6 Å². The van der Waals surface area contributed by atoms with Crippen LogP contribution in [0.25, 0.3) is 5.69 Å². The van der Waals surface area contributed by atoms with Crippen molar-refractivity contribution < 1.29 is 23.1 Å². The van der Waals surface area contributed by atoms with Crippen molar-refractivity contribution in [2.45, 2.75) is 6.92 Å². The number of nitrogens with one attached hydrogen (secondary N) is 1. The Labute approximate surface area is 153 Å². The summed E-state index contributed by atoms with van der Waals surface area (Å²) in [6.45, 7) is 1.80. The molecule has 27 heavy (non-hydrogen) atoms. The first kappa shape index (κ1) is 18.2. The number of rotatable bonds is 5. The van der Waals surface area contributed by atoms with E-state index in [1.165, 1.54) is 10.9 Å². The largest absolute Gasteiger partial charge is 0.462 e. The standard InChI is InChI=1S/C19H15F2N3O3/c1-2-27-19(26)14-11-22-24(13-6-4-3-5-7-13)17(14)23-18(25)12-8-9-15(20)16(21)10-12/h3-11H,2H2,1H3,(H,23,25). The third-order valence-electron chi connectivity index (χ3n) is 3.68. The molecule has 2 aromatic carbocycles. The van der Waals surface area contributed by atoms with Crippen molar-refractivity contribution in [1.82, 2.24) is 9.78 Å². The second-order valence-electron chi connectivity index (χ2n) is 5.46. The summed E-state index contributed by atoms with van der Waals surface area (Å²) in [5.74, 6) is -3.54. The zero-order valence-electron chi connectivity index (χ0n) is 14.3. The molecule has 1 aromatic heterocycles. The van der Waals surface area contributed by atoms with E-state index in [0.717, 1.165) is 18.2 Å². The summed E-state index contributed by atoms with van der Waals surface area (Å²) >= 11 is 0. The number of carbonyl (C=O) groups is 2. The van der Waals surface area contributed by atoms with Crippen molar-refractivity contribution >= 4 is 17.7 Å². The van der Waals surface area contributed by atoms with Crippen molar-refractivity contribution in [2.75, 3.05) is 11.9 Å². The number of benzene rings is 2. The number of amides is 1. The molecule has 0 unspecified atom stereocenters. The van der Waals surface area contributed by atoms with Gasteiger partial charge in [-0.3, -0.25) is 4.79 Å². The molecule has 0 spiro atoms. The van der Waals surface area contributed by atoms with Gasteiger partial charge < -0.3 is 10.1 Å². The molecule has 0 saturated heterocycles. The van der Waals surface area contributed by atoms with Gasteiger partial charge in [-0.25, -0.2) is 18.3 Å². The molecule has 3 aromatic rings. The van der Waals surface area contributed by atoms with Gasteiger partial charge in [-0.05, 0) is 37.3 Å². The van der Waals surface area contributed by atoms with Crippen LogP contribution >= 0.6 is 0 Å². The number of para-hydroxylation sites is 1. The van der Waals surface area contributed by atoms with Crippen LogP contribution in [0.5, 0.6) is 0 Å². The fourth-order valence-electron chi connectivity index (χ4n) is 2.41. The van der Waals surface area contributed by atoms with Crippen molar-refractivity contribution in [3.8, 4) is 5.69 Å². The molecule has 1 amide bonds. The second kappa shape index (κ2) is 7.77. The van der Waals surface area contributed by atoms with E-state index in [9.17, 15) is 18.4 Å². The Morgan fingerprint density at radius 2 is 1.85 bits per heavy atom. The zero-order valence-corrected chi connectivity index (χ0v) is 14.3. The van der Waals surface area contributed by atoms with Crippen molar-refractivity contribution in [1.29, 1.82) is 0 Å². The predicted molar refractivity (Wildman–Crippen MR) is 93.8 cm³/mol. The lowest BCUT2D eigenvalue weighted by Crippen LogP contribution is -2.18. The Morgan fingerprint density at radius 3 is 2.52 bits per heavy atom. The maximum Gasteiger partial charge on any atom is 0.343 e. The van der Waals surface area contributed by atoms with Gasteiger partial charge in [0.25, 0.3) is 5.91 Å². The topological polar surface area (TPSA) is 73.2 Å². The van der Waals surface area contributed by atoms with E-state index in [2.05, 4.69) is 10.4 Å². The summed E-state index contributed by atoms with van der Waals surface area (Å²) in [6, 6.07) is 11.6. The van der Waals surface area contributed by atoms with Crippen molar-refractivity contribution in [3.63, 3.8) is 0 Å². The maximum absolute atomic E-state index is 13.4. The minimum absolute atomic E-state index is 0.0386. The van der Waals surface area contributed by atoms with Crippen LogP contribution < -0.4 is 5.32 Å². The molecule has 3 rings (SSSR count). The lowest BCUT2D eigenvalue weighted by molar-refractivity contribution is 0.0527. The number of aromatic nitrogens is 2. The molecule has 1 heterocycles. The first-order valence-electron chi connectivity index (χ1n) is 8.08. The molecule has 138 valence electrons. The second-order valence-corrected chi connectivity index (χ2v) is 5.46. The van der Waals surface area contributed by atoms with Crippen molar-refractivity contribution in [2.24, 2.45) is 0 Å². The zero-order chi connectivity index (χ0) is 19.4. The predicted octanol–water partition coefficient (Wildman–Crippen LogP) is 3.58. The van der Waals surface area contributed by atoms with Crippen LogP contribution in [0.4, 0.5) is 14.6 Å². The van der Waals surface area contributed by atoms with Crippen LogP contribution in [0.1, 0.15) is 27.6 Å². The van der Waals surface area contributed by atoms with Crippen molar-refractivity contribution in [3.05, 3.63) is 77.5 Å². The summed E-state index contributed by atoms with van der Waals surface area (Å²) in [5.41, 5.74) is 0.523. The minimum atomic E-state index is -1.15. The molecule has 0 atom stereocenters. The summed E-state index contributed by atoms with van der Waals surface area (Å²) < 4.78 is 32.9. The highest BCUT2D eigenvalue weighted by molar-refractivity contribution is 6.07. The van der Waals surface area contributed by atoms with Crippen LogP contribution in [0.3, 0.4) is 0 Å². The third-order valence-corrected chi connectivity index (χ3v) is 3.68. The number of nitrogens with zero attached hydrogens (tertiary/aromatic N) is 2. The molecule has 0 aliphatic rings. The summed E-state index contributed by atoms with van der Waals surface area (Å²) in [5, 5.41) is 6.67. The van der Waals surface area contributed by atoms with Gasteiger partial charge in [0.2, 0.25) is 0 Å². The molecular weight excluding hydrogens is 356 g/mol. The monoisotopic (exact) mass is 371 g/mol. The van der Waals surface area contributed by atoms with E-state index in [-0.39, 0.29) is 23.6 Å².